The summed E-state index contributed by atoms with van der Waals surface area (Å²) in [5.74, 6) is 0.104. The van der Waals surface area contributed by atoms with Gasteiger partial charge in [0, 0.05) is 13.0 Å². The second-order valence-electron chi connectivity index (χ2n) is 5.23. The summed E-state index contributed by atoms with van der Waals surface area (Å²) in [6, 6.07) is 0. The molecule has 1 aliphatic rings. The van der Waals surface area contributed by atoms with Gasteiger partial charge >= 0.3 is 0 Å². The molecule has 0 unspecified atom stereocenters. The first kappa shape index (κ1) is 16.4. The van der Waals surface area contributed by atoms with Crippen LogP contribution in [0.15, 0.2) is 0 Å². The summed E-state index contributed by atoms with van der Waals surface area (Å²) in [6.45, 7) is 3.16. The molecule has 19 heavy (non-hydrogen) atoms. The lowest BCUT2D eigenvalue weighted by molar-refractivity contribution is -0.117. The van der Waals surface area contributed by atoms with E-state index in [1.54, 1.807) is 0 Å². The van der Waals surface area contributed by atoms with Crippen LogP contribution < -0.4 is 11.5 Å². The number of sulfone groups is 1. The van der Waals surface area contributed by atoms with E-state index in [0.717, 1.165) is 38.9 Å². The van der Waals surface area contributed by atoms with E-state index < -0.39 is 15.7 Å². The summed E-state index contributed by atoms with van der Waals surface area (Å²) in [4.78, 5) is 12.8. The number of amides is 1. The van der Waals surface area contributed by atoms with Gasteiger partial charge in [0.15, 0.2) is 9.84 Å². The highest BCUT2D eigenvalue weighted by Gasteiger charge is 2.20. The van der Waals surface area contributed by atoms with Crippen LogP contribution in [0.3, 0.4) is 0 Å². The minimum atomic E-state index is -3.16. The highest BCUT2D eigenvalue weighted by atomic mass is 32.2. The number of piperidine rings is 1. The third-order valence-electron chi connectivity index (χ3n) is 3.66. The van der Waals surface area contributed by atoms with E-state index in [9.17, 15) is 13.2 Å². The molecule has 7 heteroatoms. The minimum Gasteiger partial charge on any atom is -0.370 e. The lowest BCUT2D eigenvalue weighted by Gasteiger charge is -2.31. The van der Waals surface area contributed by atoms with Gasteiger partial charge in [-0.2, -0.15) is 0 Å². The summed E-state index contributed by atoms with van der Waals surface area (Å²) < 4.78 is 23.4. The lowest BCUT2D eigenvalue weighted by Crippen LogP contribution is -2.37. The number of rotatable bonds is 8. The molecule has 1 amide bonds. The molecule has 0 radical (unpaired) electrons. The van der Waals surface area contributed by atoms with Gasteiger partial charge in [0.2, 0.25) is 5.91 Å². The van der Waals surface area contributed by atoms with Crippen molar-refractivity contribution in [1.29, 1.82) is 0 Å². The minimum absolute atomic E-state index is 0.0824. The lowest BCUT2D eigenvalue weighted by atomic mass is 9.94. The Bertz CT molecular complexity index is 376. The Morgan fingerprint density at radius 1 is 1.21 bits per heavy atom. The molecular formula is C12H25N3O3S. The van der Waals surface area contributed by atoms with Crippen molar-refractivity contribution < 1.29 is 13.2 Å². The van der Waals surface area contributed by atoms with E-state index in [0.29, 0.717) is 12.5 Å². The quantitative estimate of drug-likeness (QED) is 0.617. The molecule has 0 aliphatic carbocycles. The van der Waals surface area contributed by atoms with E-state index in [-0.39, 0.29) is 17.9 Å². The van der Waals surface area contributed by atoms with E-state index >= 15 is 0 Å². The standard InChI is InChI=1S/C12H25N3O3S/c13-5-1-11-2-6-15(7-3-11)8-10-19(17,18)9-4-12(14)16/h11H,1-10,13H2,(H2,14,16). The van der Waals surface area contributed by atoms with Gasteiger partial charge in [0.1, 0.15) is 0 Å². The van der Waals surface area contributed by atoms with Gasteiger partial charge in [-0.1, -0.05) is 0 Å². The van der Waals surface area contributed by atoms with Gasteiger partial charge in [-0.3, -0.25) is 4.79 Å². The van der Waals surface area contributed by atoms with Gasteiger partial charge in [-0.15, -0.1) is 0 Å². The predicted molar refractivity (Wildman–Crippen MR) is 75.3 cm³/mol. The van der Waals surface area contributed by atoms with Gasteiger partial charge in [-0.25, -0.2) is 8.42 Å². The maximum absolute atomic E-state index is 11.7. The number of nitrogens with two attached hydrogens (primary N) is 2. The van der Waals surface area contributed by atoms with Crippen LogP contribution in [0.5, 0.6) is 0 Å². The molecule has 6 nitrogen and oxygen atoms in total. The Morgan fingerprint density at radius 2 is 1.84 bits per heavy atom. The van der Waals surface area contributed by atoms with Crippen molar-refractivity contribution >= 4 is 15.7 Å². The molecule has 0 spiro atoms. The number of carbonyl (C=O) groups is 1. The molecule has 4 N–H and O–H groups in total. The summed E-state index contributed by atoms with van der Waals surface area (Å²) in [5.41, 5.74) is 10.5. The number of carbonyl (C=O) groups excluding carboxylic acids is 1. The van der Waals surface area contributed by atoms with Crippen LogP contribution in [0.25, 0.3) is 0 Å². The second kappa shape index (κ2) is 7.81. The van der Waals surface area contributed by atoms with Crippen LogP contribution in [0, 0.1) is 5.92 Å². The van der Waals surface area contributed by atoms with Crippen molar-refractivity contribution in [3.05, 3.63) is 0 Å². The highest BCUT2D eigenvalue weighted by molar-refractivity contribution is 7.91. The van der Waals surface area contributed by atoms with Crippen LogP contribution >= 0.6 is 0 Å². The molecule has 1 saturated heterocycles. The average Bonchev–Trinajstić information content (AvgIpc) is 2.36. The van der Waals surface area contributed by atoms with Crippen molar-refractivity contribution in [2.75, 3.05) is 37.7 Å². The van der Waals surface area contributed by atoms with Crippen molar-refractivity contribution in [2.45, 2.75) is 25.7 Å². The molecule has 1 fully saturated rings. The predicted octanol–water partition coefficient (Wildman–Crippen LogP) is -0.663. The summed E-state index contributed by atoms with van der Waals surface area (Å²) in [6.07, 6.45) is 3.17. The van der Waals surface area contributed by atoms with Crippen molar-refractivity contribution in [1.82, 2.24) is 4.90 Å². The van der Waals surface area contributed by atoms with Gasteiger partial charge < -0.3 is 16.4 Å². The van der Waals surface area contributed by atoms with Crippen LogP contribution in [-0.2, 0) is 14.6 Å². The molecule has 112 valence electrons. The molecule has 0 aromatic rings. The first-order valence-electron chi connectivity index (χ1n) is 6.84. The number of primary amides is 1. The SMILES string of the molecule is NCCC1CCN(CCS(=O)(=O)CCC(N)=O)CC1. The van der Waals surface area contributed by atoms with Crippen LogP contribution in [0.2, 0.25) is 0 Å². The van der Waals surface area contributed by atoms with E-state index in [1.807, 2.05) is 0 Å². The largest absolute Gasteiger partial charge is 0.370 e. The molecule has 1 rings (SSSR count). The Kier molecular flexibility index (Phi) is 6.74. The maximum Gasteiger partial charge on any atom is 0.218 e. The monoisotopic (exact) mass is 291 g/mol. The number of hydrogen-bond acceptors (Lipinski definition) is 5. The average molecular weight is 291 g/mol. The number of nitrogens with zero attached hydrogens (tertiary/aromatic N) is 1. The molecule has 0 aromatic heterocycles. The fourth-order valence-corrected chi connectivity index (χ4v) is 3.61. The fraction of sp³-hybridized carbons (Fsp3) is 0.917. The molecule has 0 aromatic carbocycles. The summed E-state index contributed by atoms with van der Waals surface area (Å²) >= 11 is 0. The molecule has 0 bridgehead atoms. The van der Waals surface area contributed by atoms with Crippen LogP contribution in [0.1, 0.15) is 25.7 Å². The summed E-state index contributed by atoms with van der Waals surface area (Å²) in [5, 5.41) is 0. The van der Waals surface area contributed by atoms with Crippen molar-refractivity contribution in [3.63, 3.8) is 0 Å². The maximum atomic E-state index is 11.7. The molecule has 1 aliphatic heterocycles. The Hall–Kier alpha value is -0.660. The normalized spacial score (nSPS) is 18.6. The molecule has 1 heterocycles. The third-order valence-corrected chi connectivity index (χ3v) is 5.29. The Labute approximate surface area is 115 Å². The zero-order valence-electron chi connectivity index (χ0n) is 11.4. The van der Waals surface area contributed by atoms with Crippen LogP contribution in [-0.4, -0.2) is 56.9 Å². The zero-order chi connectivity index (χ0) is 14.3. The van der Waals surface area contributed by atoms with Gasteiger partial charge in [-0.05, 0) is 44.8 Å². The zero-order valence-corrected chi connectivity index (χ0v) is 12.2. The smallest absolute Gasteiger partial charge is 0.218 e. The van der Waals surface area contributed by atoms with E-state index in [1.165, 1.54) is 0 Å². The number of hydrogen-bond donors (Lipinski definition) is 2. The Morgan fingerprint density at radius 3 is 2.37 bits per heavy atom. The van der Waals surface area contributed by atoms with Crippen molar-refractivity contribution in [2.24, 2.45) is 17.4 Å². The van der Waals surface area contributed by atoms with Gasteiger partial charge in [0.25, 0.3) is 0 Å². The van der Waals surface area contributed by atoms with E-state index in [4.69, 9.17) is 11.5 Å². The van der Waals surface area contributed by atoms with Gasteiger partial charge in [0.05, 0.1) is 11.5 Å². The second-order valence-corrected chi connectivity index (χ2v) is 7.53. The first-order chi connectivity index (χ1) is 8.93. The summed E-state index contributed by atoms with van der Waals surface area (Å²) in [7, 11) is -3.16. The fourth-order valence-electron chi connectivity index (χ4n) is 2.36. The molecule has 0 atom stereocenters. The molecule has 0 saturated carbocycles. The first-order valence-corrected chi connectivity index (χ1v) is 8.66. The number of likely N-dealkylation sites (tertiary alicyclic amines) is 1. The van der Waals surface area contributed by atoms with E-state index in [2.05, 4.69) is 4.90 Å². The van der Waals surface area contributed by atoms with Crippen molar-refractivity contribution in [3.8, 4) is 0 Å². The highest BCUT2D eigenvalue weighted by Crippen LogP contribution is 2.19. The third kappa shape index (κ3) is 6.89. The Balaban J connectivity index is 2.24. The topological polar surface area (TPSA) is 106 Å². The van der Waals surface area contributed by atoms with Crippen LogP contribution in [0.4, 0.5) is 0 Å². The molecular weight excluding hydrogens is 266 g/mol.